The molecule has 0 bridgehead atoms. The van der Waals surface area contributed by atoms with E-state index >= 15 is 0 Å². The van der Waals surface area contributed by atoms with Gasteiger partial charge in [0.05, 0.1) is 37.7 Å². The summed E-state index contributed by atoms with van der Waals surface area (Å²) in [5.41, 5.74) is 0. The Kier molecular flexibility index (Phi) is 40.0. The van der Waals surface area contributed by atoms with Gasteiger partial charge in [0.15, 0.2) is 0 Å². The Morgan fingerprint density at radius 3 is 0.738 bits per heavy atom. The molecule has 42 heavy (non-hydrogen) atoms. The number of carbonyl (C=O) groups excluding carboxylic acids is 3. The van der Waals surface area contributed by atoms with Gasteiger partial charge in [-0.3, -0.25) is 28.4 Å². The van der Waals surface area contributed by atoms with Crippen molar-refractivity contribution in [1.29, 1.82) is 0 Å². The van der Waals surface area contributed by atoms with E-state index in [9.17, 15) is 43.4 Å². The number of nitrogens with zero attached hydrogens (tertiary/aromatic N) is 3. The molecule has 0 aromatic heterocycles. The Bertz CT molecular complexity index is 764. The number of rotatable bonds is 18. The zero-order valence-electron chi connectivity index (χ0n) is 23.4. The first kappa shape index (κ1) is 56.0. The topological polar surface area (TPSA) is 363 Å². The Labute approximate surface area is 307 Å². The van der Waals surface area contributed by atoms with E-state index in [1.807, 2.05) is 0 Å². The van der Waals surface area contributed by atoms with Crippen molar-refractivity contribution in [3.8, 4) is 0 Å². The minimum atomic E-state index is -4.28. The number of aliphatic hydroxyl groups is 3. The third-order valence-corrected chi connectivity index (χ3v) is 5.76. The summed E-state index contributed by atoms with van der Waals surface area (Å²) in [6.07, 6.45) is -2.08. The Balaban J connectivity index is -0.000000112. The number of carbonyl (C=O) groups is 3. The molecule has 0 amide bonds. The molecule has 0 aliphatic carbocycles. The summed E-state index contributed by atoms with van der Waals surface area (Å²) in [4.78, 5) is 84.0. The van der Waals surface area contributed by atoms with Crippen LogP contribution in [-0.2, 0) is 28.1 Å². The van der Waals surface area contributed by atoms with E-state index in [1.165, 1.54) is 0 Å². The average Bonchev–Trinajstić information content (AvgIpc) is 2.64. The van der Waals surface area contributed by atoms with Gasteiger partial charge < -0.3 is 74.4 Å². The molecule has 0 atom stereocenters. The average molecular weight is 705 g/mol. The predicted octanol–water partition coefficient (Wildman–Crippen LogP) is -17.5. The van der Waals surface area contributed by atoms with Crippen LogP contribution in [0.5, 0.6) is 0 Å². The largest absolute Gasteiger partial charge is 1.00 e. The molecule has 0 aromatic carbocycles. The van der Waals surface area contributed by atoms with Crippen LogP contribution in [0.4, 0.5) is 0 Å². The van der Waals surface area contributed by atoms with Crippen LogP contribution in [0.25, 0.3) is 0 Å². The van der Waals surface area contributed by atoms with Gasteiger partial charge in [-0.1, -0.05) is 0 Å². The van der Waals surface area contributed by atoms with E-state index in [1.54, 1.807) is 0 Å². The molecule has 0 saturated heterocycles. The summed E-state index contributed by atoms with van der Waals surface area (Å²) >= 11 is 0. The van der Waals surface area contributed by atoms with Gasteiger partial charge in [-0.2, -0.15) is 0 Å². The zero-order chi connectivity index (χ0) is 31.4. The van der Waals surface area contributed by atoms with E-state index in [2.05, 4.69) is 0 Å². The second-order valence-electron chi connectivity index (χ2n) is 7.36. The zero-order valence-corrected chi connectivity index (χ0v) is 32.1. The van der Waals surface area contributed by atoms with Crippen molar-refractivity contribution in [1.82, 2.24) is 14.7 Å². The van der Waals surface area contributed by atoms with Crippen molar-refractivity contribution in [2.75, 3.05) is 77.9 Å². The fourth-order valence-electron chi connectivity index (χ4n) is 2.35. The summed E-state index contributed by atoms with van der Waals surface area (Å²) in [6, 6.07) is 0. The monoisotopic (exact) mass is 705 g/mol. The molecule has 0 fully saturated rings. The van der Waals surface area contributed by atoms with E-state index in [0.717, 1.165) is 14.7 Å². The second kappa shape index (κ2) is 30.0. The Morgan fingerprint density at radius 2 is 0.643 bits per heavy atom. The van der Waals surface area contributed by atoms with Crippen LogP contribution in [0.15, 0.2) is 0 Å². The Morgan fingerprint density at radius 1 is 0.476 bits per heavy atom. The minimum Gasteiger partial charge on any atom is -0.549 e. The molecule has 0 aliphatic rings. The second-order valence-corrected chi connectivity index (χ2v) is 12.2. The number of hydrogen-bond acceptors (Lipinski definition) is 15. The first-order valence-electron chi connectivity index (χ1n) is 10.3. The Hall–Kier alpha value is 1.62. The molecule has 27 heteroatoms. The van der Waals surface area contributed by atoms with Gasteiger partial charge in [0.1, 0.15) is 18.9 Å². The van der Waals surface area contributed by atoms with Gasteiger partial charge in [-0.15, -0.1) is 0 Å². The van der Waals surface area contributed by atoms with Gasteiger partial charge in [-0.05, 0) is 0 Å². The van der Waals surface area contributed by atoms with E-state index < -0.39 is 79.2 Å². The van der Waals surface area contributed by atoms with Gasteiger partial charge >= 0.3 is 111 Å². The molecule has 0 rings (SSSR count). The fraction of sp³-hybridized carbons (Fsp3) is 0.800. The van der Waals surface area contributed by atoms with Crippen molar-refractivity contribution in [2.45, 2.75) is 0 Å². The third-order valence-electron chi connectivity index (χ3n) is 3.46. The van der Waals surface area contributed by atoms with Crippen molar-refractivity contribution < 1.29 is 177 Å². The number of hydrogen-bond donors (Lipinski definition) is 9. The maximum absolute atomic E-state index is 10.5. The first-order chi connectivity index (χ1) is 17.5. The van der Waals surface area contributed by atoms with E-state index in [0.29, 0.717) is 0 Å². The molecule has 0 aliphatic heterocycles. The summed E-state index contributed by atoms with van der Waals surface area (Å²) in [6.45, 7) is -3.26. The smallest absolute Gasteiger partial charge is 0.549 e. The van der Waals surface area contributed by atoms with Crippen LogP contribution in [0, 0.1) is 0 Å². The van der Waals surface area contributed by atoms with Crippen molar-refractivity contribution in [3.63, 3.8) is 0 Å². The van der Waals surface area contributed by atoms with Crippen molar-refractivity contribution in [2.24, 2.45) is 0 Å². The number of carboxylic acids is 3. The van der Waals surface area contributed by atoms with Crippen LogP contribution in [0.1, 0.15) is 0 Å². The molecular weight excluding hydrogens is 672 g/mol. The molecular formula is C15H33N3Na3O18P3. The molecule has 0 spiro atoms. The van der Waals surface area contributed by atoms with Gasteiger partial charge in [0, 0.05) is 39.3 Å². The summed E-state index contributed by atoms with van der Waals surface area (Å²) in [5.74, 6) is -4.33. The van der Waals surface area contributed by atoms with Gasteiger partial charge in [-0.25, -0.2) is 0 Å². The van der Waals surface area contributed by atoms with Crippen LogP contribution in [0.2, 0.25) is 0 Å². The molecule has 21 nitrogen and oxygen atoms in total. The fourth-order valence-corrected chi connectivity index (χ4v) is 4.64. The van der Waals surface area contributed by atoms with Crippen molar-refractivity contribution in [3.05, 3.63) is 0 Å². The van der Waals surface area contributed by atoms with Gasteiger partial charge in [0.2, 0.25) is 0 Å². The van der Waals surface area contributed by atoms with Crippen LogP contribution in [-0.4, -0.2) is 155 Å². The van der Waals surface area contributed by atoms with E-state index in [-0.39, 0.29) is 128 Å². The van der Waals surface area contributed by atoms with E-state index in [4.69, 9.17) is 44.7 Å². The predicted molar refractivity (Wildman–Crippen MR) is 122 cm³/mol. The van der Waals surface area contributed by atoms with Crippen LogP contribution < -0.4 is 104 Å². The molecule has 0 aromatic rings. The number of aliphatic carboxylic acids is 3. The van der Waals surface area contributed by atoms with Crippen LogP contribution >= 0.6 is 22.8 Å². The standard InChI is InChI=1S/3C5H12NO6P.3Na/c3*7-2-1-6(3-5(8)9)4-13(10,11)12;;;/h3*7H,1-4H2,(H,8,9)(H2,10,11,12);;;/q;;;3*+1/p-3. The molecule has 0 saturated carbocycles. The first-order valence-corrected chi connectivity index (χ1v) is 15.7. The number of carboxylic acid groups (broad SMARTS) is 3. The summed E-state index contributed by atoms with van der Waals surface area (Å²) in [7, 11) is -12.9. The molecule has 9 N–H and O–H groups in total. The molecule has 0 heterocycles. The normalized spacial score (nSPS) is 11.1. The van der Waals surface area contributed by atoms with Crippen molar-refractivity contribution >= 4 is 40.7 Å². The maximum atomic E-state index is 10.5. The number of aliphatic hydroxyl groups excluding tert-OH is 3. The molecule has 0 unspecified atom stereocenters. The minimum absolute atomic E-state index is 0. The SMILES string of the molecule is O=C([O-])CN(CCO)CP(=O)(O)O.O=C([O-])CN(CCO)CP(=O)(O)O.O=C([O-])CN(CCO)CP(=O)(O)O.[Na+].[Na+].[Na+]. The molecule has 234 valence electrons. The summed E-state index contributed by atoms with van der Waals surface area (Å²) < 4.78 is 31.4. The summed E-state index contributed by atoms with van der Waals surface area (Å²) in [5, 5.41) is 55.6. The third kappa shape index (κ3) is 48.5. The molecule has 0 radical (unpaired) electrons. The van der Waals surface area contributed by atoms with Gasteiger partial charge in [0.25, 0.3) is 0 Å². The maximum Gasteiger partial charge on any atom is 1.00 e. The quantitative estimate of drug-likeness (QED) is 0.0472. The van der Waals surface area contributed by atoms with Crippen LogP contribution in [0.3, 0.4) is 0 Å².